The van der Waals surface area contributed by atoms with Gasteiger partial charge in [0, 0.05) is 4.90 Å². The summed E-state index contributed by atoms with van der Waals surface area (Å²) in [7, 11) is 0. The van der Waals surface area contributed by atoms with E-state index >= 15 is 0 Å². The molecule has 1 nitrogen and oxygen atoms in total. The fourth-order valence-electron chi connectivity index (χ4n) is 1.14. The number of thioether (sulfide) groups is 1. The highest BCUT2D eigenvalue weighted by atomic mass is 32.2. The van der Waals surface area contributed by atoms with Crippen molar-refractivity contribution in [2.45, 2.75) is 24.3 Å². The molecule has 0 saturated heterocycles. The molecule has 0 aliphatic rings. The molecule has 0 aromatic heterocycles. The predicted molar refractivity (Wildman–Crippen MR) is 53.6 cm³/mol. The summed E-state index contributed by atoms with van der Waals surface area (Å²) in [6.07, 6.45) is 2.55. The van der Waals surface area contributed by atoms with Crippen LogP contribution in [-0.4, -0.2) is 17.5 Å². The first-order valence-corrected chi connectivity index (χ1v) is 5.26. The van der Waals surface area contributed by atoms with Crippen LogP contribution in [0.1, 0.15) is 12.5 Å². The quantitative estimate of drug-likeness (QED) is 0.724. The van der Waals surface area contributed by atoms with Crippen molar-refractivity contribution in [3.8, 4) is 0 Å². The van der Waals surface area contributed by atoms with Crippen molar-refractivity contribution in [1.29, 1.82) is 0 Å². The van der Waals surface area contributed by atoms with Gasteiger partial charge >= 0.3 is 0 Å². The van der Waals surface area contributed by atoms with E-state index in [-0.39, 0.29) is 6.10 Å². The Morgan fingerprint density at radius 3 is 2.83 bits per heavy atom. The van der Waals surface area contributed by atoms with Crippen molar-refractivity contribution in [2.75, 3.05) is 6.26 Å². The van der Waals surface area contributed by atoms with E-state index in [1.807, 2.05) is 19.1 Å². The Balaban J connectivity index is 2.72. The summed E-state index contributed by atoms with van der Waals surface area (Å²) in [6.45, 7) is 1.81. The third-order valence-electron chi connectivity index (χ3n) is 1.67. The van der Waals surface area contributed by atoms with Crippen LogP contribution in [0.4, 0.5) is 0 Å². The summed E-state index contributed by atoms with van der Waals surface area (Å²) in [5.74, 6) is 0. The van der Waals surface area contributed by atoms with Gasteiger partial charge in [0.25, 0.3) is 0 Å². The van der Waals surface area contributed by atoms with E-state index < -0.39 is 0 Å². The summed E-state index contributed by atoms with van der Waals surface area (Å²) in [4.78, 5) is 1.26. The van der Waals surface area contributed by atoms with Crippen molar-refractivity contribution in [3.63, 3.8) is 0 Å². The molecule has 0 bridgehead atoms. The van der Waals surface area contributed by atoms with E-state index in [4.69, 9.17) is 5.11 Å². The molecule has 1 rings (SSSR count). The van der Waals surface area contributed by atoms with Gasteiger partial charge in [-0.05, 0) is 37.3 Å². The first kappa shape index (κ1) is 9.62. The third kappa shape index (κ3) is 2.88. The molecule has 1 unspecified atom stereocenters. The Kier molecular flexibility index (Phi) is 3.63. The molecule has 0 aliphatic heterocycles. The average Bonchev–Trinajstić information content (AvgIpc) is 2.03. The molecule has 1 aromatic rings. The van der Waals surface area contributed by atoms with Crippen LogP contribution in [0.25, 0.3) is 0 Å². The lowest BCUT2D eigenvalue weighted by Gasteiger charge is -2.05. The highest BCUT2D eigenvalue weighted by Gasteiger charge is 1.98. The predicted octanol–water partition coefficient (Wildman–Crippen LogP) is 2.33. The molecule has 2 heteroatoms. The van der Waals surface area contributed by atoms with Gasteiger partial charge in [0.15, 0.2) is 0 Å². The lowest BCUT2D eigenvalue weighted by atomic mass is 10.1. The van der Waals surface area contributed by atoms with E-state index in [9.17, 15) is 0 Å². The fourth-order valence-corrected chi connectivity index (χ4v) is 1.62. The summed E-state index contributed by atoms with van der Waals surface area (Å²) in [5, 5.41) is 9.16. The number of aliphatic hydroxyl groups is 1. The van der Waals surface area contributed by atoms with Gasteiger partial charge in [0.2, 0.25) is 0 Å². The standard InChI is InChI=1S/C10H14OS/c1-8(11)6-9-4-3-5-10(7-9)12-2/h3-5,7-8,11H,6H2,1-2H3. The fraction of sp³-hybridized carbons (Fsp3) is 0.400. The van der Waals surface area contributed by atoms with Crippen molar-refractivity contribution >= 4 is 11.8 Å². The van der Waals surface area contributed by atoms with Gasteiger partial charge in [-0.2, -0.15) is 0 Å². The minimum Gasteiger partial charge on any atom is -0.393 e. The van der Waals surface area contributed by atoms with Gasteiger partial charge in [-0.3, -0.25) is 0 Å². The largest absolute Gasteiger partial charge is 0.393 e. The van der Waals surface area contributed by atoms with Crippen molar-refractivity contribution in [2.24, 2.45) is 0 Å². The highest BCUT2D eigenvalue weighted by molar-refractivity contribution is 7.98. The summed E-state index contributed by atoms with van der Waals surface area (Å²) >= 11 is 1.73. The lowest BCUT2D eigenvalue weighted by Crippen LogP contribution is -2.03. The molecule has 0 heterocycles. The molecule has 1 atom stereocenters. The molecule has 0 fully saturated rings. The second-order valence-electron chi connectivity index (χ2n) is 2.90. The Morgan fingerprint density at radius 1 is 1.50 bits per heavy atom. The zero-order chi connectivity index (χ0) is 8.97. The van der Waals surface area contributed by atoms with Crippen LogP contribution < -0.4 is 0 Å². The number of hydrogen-bond donors (Lipinski definition) is 1. The summed E-state index contributed by atoms with van der Waals surface area (Å²) < 4.78 is 0. The van der Waals surface area contributed by atoms with Gasteiger partial charge in [-0.15, -0.1) is 11.8 Å². The third-order valence-corrected chi connectivity index (χ3v) is 2.39. The molecular formula is C10H14OS. The van der Waals surface area contributed by atoms with Crippen LogP contribution >= 0.6 is 11.8 Å². The topological polar surface area (TPSA) is 20.2 Å². The van der Waals surface area contributed by atoms with Crippen LogP contribution in [0.3, 0.4) is 0 Å². The molecule has 0 amide bonds. The SMILES string of the molecule is CSc1cccc(CC(C)O)c1. The van der Waals surface area contributed by atoms with Gasteiger partial charge in [0.05, 0.1) is 6.10 Å². The first-order chi connectivity index (χ1) is 5.72. The van der Waals surface area contributed by atoms with Gasteiger partial charge < -0.3 is 5.11 Å². The second kappa shape index (κ2) is 4.53. The molecule has 0 radical (unpaired) electrons. The molecular weight excluding hydrogens is 168 g/mol. The first-order valence-electron chi connectivity index (χ1n) is 4.03. The maximum Gasteiger partial charge on any atom is 0.0552 e. The lowest BCUT2D eigenvalue weighted by molar-refractivity contribution is 0.195. The number of aliphatic hydroxyl groups excluding tert-OH is 1. The maximum atomic E-state index is 9.16. The van der Waals surface area contributed by atoms with Crippen LogP contribution in [0.5, 0.6) is 0 Å². The van der Waals surface area contributed by atoms with Crippen LogP contribution in [0, 0.1) is 0 Å². The van der Waals surface area contributed by atoms with Gasteiger partial charge in [-0.25, -0.2) is 0 Å². The van der Waals surface area contributed by atoms with E-state index in [0.717, 1.165) is 6.42 Å². The average molecular weight is 182 g/mol. The van der Waals surface area contributed by atoms with Crippen molar-refractivity contribution in [3.05, 3.63) is 29.8 Å². The molecule has 1 aromatic carbocycles. The van der Waals surface area contributed by atoms with Crippen LogP contribution in [0.15, 0.2) is 29.2 Å². The Bertz CT molecular complexity index is 245. The monoisotopic (exact) mass is 182 g/mol. The second-order valence-corrected chi connectivity index (χ2v) is 3.78. The summed E-state index contributed by atoms with van der Waals surface area (Å²) in [5.41, 5.74) is 1.21. The van der Waals surface area contributed by atoms with Gasteiger partial charge in [-0.1, -0.05) is 12.1 Å². The Labute approximate surface area is 77.8 Å². The molecule has 66 valence electrons. The van der Waals surface area contributed by atoms with Crippen molar-refractivity contribution in [1.82, 2.24) is 0 Å². The van der Waals surface area contributed by atoms with Crippen molar-refractivity contribution < 1.29 is 5.11 Å². The van der Waals surface area contributed by atoms with E-state index in [2.05, 4.69) is 18.4 Å². The molecule has 0 spiro atoms. The highest BCUT2D eigenvalue weighted by Crippen LogP contribution is 2.16. The van der Waals surface area contributed by atoms with Gasteiger partial charge in [0.1, 0.15) is 0 Å². The van der Waals surface area contributed by atoms with Crippen LogP contribution in [-0.2, 0) is 6.42 Å². The number of rotatable bonds is 3. The smallest absolute Gasteiger partial charge is 0.0552 e. The van der Waals surface area contributed by atoms with E-state index in [0.29, 0.717) is 0 Å². The Morgan fingerprint density at radius 2 is 2.25 bits per heavy atom. The van der Waals surface area contributed by atoms with E-state index in [1.54, 1.807) is 11.8 Å². The molecule has 0 saturated carbocycles. The molecule has 0 aliphatic carbocycles. The number of hydrogen-bond acceptors (Lipinski definition) is 2. The molecule has 1 N–H and O–H groups in total. The number of benzene rings is 1. The molecule has 12 heavy (non-hydrogen) atoms. The zero-order valence-corrected chi connectivity index (χ0v) is 8.27. The minimum atomic E-state index is -0.248. The normalized spacial score (nSPS) is 12.9. The zero-order valence-electron chi connectivity index (χ0n) is 7.45. The van der Waals surface area contributed by atoms with Crippen LogP contribution in [0.2, 0.25) is 0 Å². The van der Waals surface area contributed by atoms with E-state index in [1.165, 1.54) is 10.5 Å². The summed E-state index contributed by atoms with van der Waals surface area (Å²) in [6, 6.07) is 8.28. The minimum absolute atomic E-state index is 0.248. The Hall–Kier alpha value is -0.470. The maximum absolute atomic E-state index is 9.16.